The molecule has 0 bridgehead atoms. The summed E-state index contributed by atoms with van der Waals surface area (Å²) in [5, 5.41) is 11.9. The number of carbonyl (C=O) groups excluding carboxylic acids is 1. The van der Waals surface area contributed by atoms with E-state index < -0.39 is 21.0 Å². The van der Waals surface area contributed by atoms with Crippen molar-refractivity contribution < 1.29 is 27.6 Å². The maximum atomic E-state index is 12.9. The van der Waals surface area contributed by atoms with Crippen LogP contribution in [0.3, 0.4) is 0 Å². The lowest BCUT2D eigenvalue weighted by atomic mass is 10.1. The molecule has 4 N–H and O–H groups in total. The molecule has 0 unspecified atom stereocenters. The molecule has 182 valence electrons. The number of amides is 1. The van der Waals surface area contributed by atoms with Crippen molar-refractivity contribution in [3.05, 3.63) is 64.2 Å². The zero-order chi connectivity index (χ0) is 25.2. The van der Waals surface area contributed by atoms with Gasteiger partial charge < -0.3 is 20.2 Å². The predicted molar refractivity (Wildman–Crippen MR) is 127 cm³/mol. The normalized spacial score (nSPS) is 11.6. The Balaban J connectivity index is 1.61. The lowest BCUT2D eigenvalue weighted by molar-refractivity contribution is -0.384. The molecule has 0 aliphatic heterocycles. The van der Waals surface area contributed by atoms with E-state index in [0.29, 0.717) is 34.8 Å². The van der Waals surface area contributed by atoms with Crippen molar-refractivity contribution in [2.45, 2.75) is 18.2 Å². The number of nitrogens with one attached hydrogen (secondary N) is 2. The van der Waals surface area contributed by atoms with Crippen molar-refractivity contribution >= 4 is 43.6 Å². The number of aromatic amines is 1. The predicted octanol–water partition coefficient (Wildman–Crippen LogP) is 3.00. The van der Waals surface area contributed by atoms with Gasteiger partial charge in [0.2, 0.25) is 15.9 Å². The molecule has 13 heteroatoms. The molecule has 4 aromatic rings. The monoisotopic (exact) mass is 499 g/mol. The molecular formula is C22H21N5O7S. The van der Waals surface area contributed by atoms with Gasteiger partial charge >= 0.3 is 6.09 Å². The van der Waals surface area contributed by atoms with E-state index in [0.717, 1.165) is 5.56 Å². The quantitative estimate of drug-likeness (QED) is 0.232. The van der Waals surface area contributed by atoms with Gasteiger partial charge in [0.15, 0.2) is 0 Å². The number of hydrogen-bond donors (Lipinski definition) is 3. The third-order valence-corrected chi connectivity index (χ3v) is 6.62. The highest BCUT2D eigenvalue weighted by atomic mass is 32.2. The summed E-state index contributed by atoms with van der Waals surface area (Å²) in [4.78, 5) is 28.8. The van der Waals surface area contributed by atoms with Crippen molar-refractivity contribution in [2.75, 3.05) is 13.2 Å². The molecule has 0 fully saturated rings. The highest BCUT2D eigenvalue weighted by Gasteiger charge is 2.19. The van der Waals surface area contributed by atoms with Gasteiger partial charge in [-0.2, -0.15) is 4.98 Å². The van der Waals surface area contributed by atoms with Crippen LogP contribution in [-0.2, 0) is 16.4 Å². The van der Waals surface area contributed by atoms with Crippen molar-refractivity contribution in [1.29, 1.82) is 0 Å². The largest absolute Gasteiger partial charge is 0.478 e. The number of pyridine rings is 1. The van der Waals surface area contributed by atoms with Gasteiger partial charge in [0.1, 0.15) is 5.52 Å². The number of nitro groups is 1. The van der Waals surface area contributed by atoms with E-state index in [1.54, 1.807) is 31.2 Å². The second kappa shape index (κ2) is 9.56. The number of H-pyrrole nitrogens is 1. The Morgan fingerprint density at radius 1 is 1.17 bits per heavy atom. The maximum absolute atomic E-state index is 12.9. The molecule has 2 heterocycles. The van der Waals surface area contributed by atoms with Crippen LogP contribution < -0.4 is 19.9 Å². The van der Waals surface area contributed by atoms with Crippen molar-refractivity contribution in [1.82, 2.24) is 14.7 Å². The standard InChI is InChI=1S/C22H21N5O7S/c1-2-33-19-12-17-16-11-15(7-8-18(16)25-20(17)21(26-19)34-22(23)28)35(31,32)24-10-9-13-3-5-14(6-4-13)27(29)30/h3-8,11-12,24-25H,2,9-10H2,1H3,(H2,23,28). The number of hydrogen-bond acceptors (Lipinski definition) is 8. The number of primary amides is 1. The van der Waals surface area contributed by atoms with Crippen LogP contribution in [0.15, 0.2) is 53.4 Å². The van der Waals surface area contributed by atoms with Crippen molar-refractivity contribution in [3.63, 3.8) is 0 Å². The second-order valence-electron chi connectivity index (χ2n) is 7.45. The number of sulfonamides is 1. The van der Waals surface area contributed by atoms with Crippen molar-refractivity contribution in [2.24, 2.45) is 5.73 Å². The summed E-state index contributed by atoms with van der Waals surface area (Å²) in [5.41, 5.74) is 6.83. The summed E-state index contributed by atoms with van der Waals surface area (Å²) in [5.74, 6) is 0.104. The van der Waals surface area contributed by atoms with Crippen LogP contribution in [0.2, 0.25) is 0 Å². The van der Waals surface area contributed by atoms with Gasteiger partial charge in [0.25, 0.3) is 11.6 Å². The molecule has 0 radical (unpaired) electrons. The lowest BCUT2D eigenvalue weighted by Gasteiger charge is -2.08. The highest BCUT2D eigenvalue weighted by molar-refractivity contribution is 7.89. The van der Waals surface area contributed by atoms with E-state index in [4.69, 9.17) is 15.2 Å². The highest BCUT2D eigenvalue weighted by Crippen LogP contribution is 2.34. The van der Waals surface area contributed by atoms with Gasteiger partial charge in [-0.05, 0) is 37.1 Å². The Morgan fingerprint density at radius 3 is 2.57 bits per heavy atom. The number of carbonyl (C=O) groups is 1. The molecule has 0 saturated heterocycles. The summed E-state index contributed by atoms with van der Waals surface area (Å²) < 4.78 is 38.8. The first kappa shape index (κ1) is 23.9. The van der Waals surface area contributed by atoms with E-state index in [-0.39, 0.29) is 28.9 Å². The summed E-state index contributed by atoms with van der Waals surface area (Å²) in [6, 6.07) is 12.1. The number of non-ortho nitro benzene ring substituents is 1. The number of aromatic nitrogens is 2. The molecule has 4 rings (SSSR count). The minimum absolute atomic E-state index is 0.0294. The summed E-state index contributed by atoms with van der Waals surface area (Å²) in [7, 11) is -3.86. The van der Waals surface area contributed by atoms with Crippen LogP contribution in [0, 0.1) is 10.1 Å². The zero-order valence-electron chi connectivity index (χ0n) is 18.5. The minimum atomic E-state index is -3.86. The average Bonchev–Trinajstić information content (AvgIpc) is 3.17. The summed E-state index contributed by atoms with van der Waals surface area (Å²) in [6.45, 7) is 2.18. The van der Waals surface area contributed by atoms with E-state index in [2.05, 4.69) is 14.7 Å². The first-order chi connectivity index (χ1) is 16.7. The number of nitrogens with two attached hydrogens (primary N) is 1. The zero-order valence-corrected chi connectivity index (χ0v) is 19.3. The first-order valence-corrected chi connectivity index (χ1v) is 12.0. The van der Waals surface area contributed by atoms with E-state index in [9.17, 15) is 23.3 Å². The third-order valence-electron chi connectivity index (χ3n) is 5.16. The van der Waals surface area contributed by atoms with Crippen LogP contribution >= 0.6 is 0 Å². The van der Waals surface area contributed by atoms with Crippen LogP contribution in [0.4, 0.5) is 10.5 Å². The second-order valence-corrected chi connectivity index (χ2v) is 9.21. The average molecular weight is 500 g/mol. The minimum Gasteiger partial charge on any atom is -0.478 e. The number of benzene rings is 2. The van der Waals surface area contributed by atoms with Crippen molar-refractivity contribution in [3.8, 4) is 11.8 Å². The molecule has 35 heavy (non-hydrogen) atoms. The van der Waals surface area contributed by atoms with E-state index in [1.165, 1.54) is 24.3 Å². The van der Waals surface area contributed by atoms with Crippen LogP contribution in [0.1, 0.15) is 12.5 Å². The summed E-state index contributed by atoms with van der Waals surface area (Å²) >= 11 is 0. The third kappa shape index (κ3) is 5.15. The molecule has 12 nitrogen and oxygen atoms in total. The van der Waals surface area contributed by atoms with Gasteiger partial charge in [-0.25, -0.2) is 17.9 Å². The van der Waals surface area contributed by atoms with Gasteiger partial charge in [0, 0.05) is 41.0 Å². The Bertz CT molecular complexity index is 1530. The molecule has 0 aliphatic rings. The molecule has 0 spiro atoms. The van der Waals surface area contributed by atoms with Crippen LogP contribution in [0.5, 0.6) is 11.8 Å². The number of fused-ring (bicyclic) bond motifs is 3. The van der Waals surface area contributed by atoms with E-state index >= 15 is 0 Å². The van der Waals surface area contributed by atoms with Gasteiger partial charge in [0.05, 0.1) is 16.4 Å². The fourth-order valence-corrected chi connectivity index (χ4v) is 4.64. The molecule has 0 atom stereocenters. The number of ether oxygens (including phenoxy) is 2. The topological polar surface area (TPSA) is 180 Å². The Kier molecular flexibility index (Phi) is 6.53. The first-order valence-electron chi connectivity index (χ1n) is 10.5. The number of rotatable bonds is 9. The molecule has 1 amide bonds. The van der Waals surface area contributed by atoms with E-state index in [1.807, 2.05) is 0 Å². The molecular weight excluding hydrogens is 478 g/mol. The Labute approximate surface area is 199 Å². The molecule has 0 saturated carbocycles. The molecule has 0 aliphatic carbocycles. The maximum Gasteiger partial charge on any atom is 0.411 e. The fraction of sp³-hybridized carbons (Fsp3) is 0.182. The lowest BCUT2D eigenvalue weighted by Crippen LogP contribution is -2.26. The fourth-order valence-electron chi connectivity index (χ4n) is 3.58. The Hall–Kier alpha value is -4.23. The number of nitrogens with zero attached hydrogens (tertiary/aromatic N) is 2. The van der Waals surface area contributed by atoms with Gasteiger partial charge in [-0.3, -0.25) is 10.1 Å². The van der Waals surface area contributed by atoms with Crippen LogP contribution in [0.25, 0.3) is 21.8 Å². The number of nitro benzene ring substituents is 1. The smallest absolute Gasteiger partial charge is 0.411 e. The van der Waals surface area contributed by atoms with Crippen LogP contribution in [-0.4, -0.2) is 42.6 Å². The SMILES string of the molecule is CCOc1cc2c([nH]c3ccc(S(=O)(=O)NCCc4ccc([N+](=O)[O-])cc4)cc32)c(OC(N)=O)n1. The molecule has 2 aromatic carbocycles. The van der Waals surface area contributed by atoms with Gasteiger partial charge in [-0.15, -0.1) is 0 Å². The molecule has 2 aromatic heterocycles. The van der Waals surface area contributed by atoms with Gasteiger partial charge in [-0.1, -0.05) is 12.1 Å². The Morgan fingerprint density at radius 2 is 1.91 bits per heavy atom. The summed E-state index contributed by atoms with van der Waals surface area (Å²) in [6.07, 6.45) is -0.699.